The van der Waals surface area contributed by atoms with Gasteiger partial charge in [0.25, 0.3) is 0 Å². The predicted molar refractivity (Wildman–Crippen MR) is 77.6 cm³/mol. The van der Waals surface area contributed by atoms with Crippen LogP contribution in [0.15, 0.2) is 18.2 Å². The fraction of sp³-hybridized carbons (Fsp3) is 0.625. The highest BCUT2D eigenvalue weighted by molar-refractivity contribution is 5.39. The van der Waals surface area contributed by atoms with Gasteiger partial charge in [-0.1, -0.05) is 6.07 Å². The van der Waals surface area contributed by atoms with E-state index in [-0.39, 0.29) is 0 Å². The lowest BCUT2D eigenvalue weighted by atomic mass is 9.87. The van der Waals surface area contributed by atoms with Crippen molar-refractivity contribution in [3.05, 3.63) is 29.3 Å². The van der Waals surface area contributed by atoms with E-state index >= 15 is 0 Å². The lowest BCUT2D eigenvalue weighted by Crippen LogP contribution is -2.22. The molecule has 3 nitrogen and oxygen atoms in total. The van der Waals surface area contributed by atoms with Crippen LogP contribution in [0.2, 0.25) is 0 Å². The largest absolute Gasteiger partial charge is 0.493 e. The van der Waals surface area contributed by atoms with E-state index in [9.17, 15) is 5.11 Å². The van der Waals surface area contributed by atoms with E-state index in [2.05, 4.69) is 17.4 Å². The topological polar surface area (TPSA) is 41.5 Å². The van der Waals surface area contributed by atoms with E-state index in [4.69, 9.17) is 4.74 Å². The molecule has 1 aromatic rings. The van der Waals surface area contributed by atoms with Crippen LogP contribution in [0.25, 0.3) is 0 Å². The van der Waals surface area contributed by atoms with Crippen LogP contribution in [0.4, 0.5) is 0 Å². The maximum Gasteiger partial charge on any atom is 0.119 e. The van der Waals surface area contributed by atoms with Crippen molar-refractivity contribution in [2.75, 3.05) is 13.7 Å². The second kappa shape index (κ2) is 5.93. The molecular weight excluding hydrogens is 238 g/mol. The van der Waals surface area contributed by atoms with E-state index < -0.39 is 5.60 Å². The number of hydrogen-bond donors (Lipinski definition) is 2. The average molecular weight is 263 g/mol. The number of rotatable bonds is 5. The molecule has 2 N–H and O–H groups in total. The first-order chi connectivity index (χ1) is 8.99. The number of aliphatic hydroxyl groups is 1. The second-order valence-corrected chi connectivity index (χ2v) is 6.01. The third-order valence-corrected chi connectivity index (χ3v) is 3.76. The van der Waals surface area contributed by atoms with Gasteiger partial charge in [-0.15, -0.1) is 0 Å². The van der Waals surface area contributed by atoms with E-state index in [0.29, 0.717) is 19.1 Å². The van der Waals surface area contributed by atoms with Crippen molar-refractivity contribution in [2.45, 2.75) is 51.2 Å². The molecule has 0 heterocycles. The Morgan fingerprint density at radius 2 is 2.21 bits per heavy atom. The molecule has 0 amide bonds. The van der Waals surface area contributed by atoms with Crippen LogP contribution < -0.4 is 10.1 Å². The number of hydrogen-bond acceptors (Lipinski definition) is 3. The van der Waals surface area contributed by atoms with Crippen molar-refractivity contribution in [1.29, 1.82) is 0 Å². The summed E-state index contributed by atoms with van der Waals surface area (Å²) in [5.74, 6) is 0.916. The number of aryl methyl sites for hydroxylation is 1. The first kappa shape index (κ1) is 14.4. The standard InChI is InChI=1S/C16H25NO2/c1-16(2,18)9-10-19-13-7-8-14-12(11-13)5-4-6-15(14)17-3/h7-8,11,15,17-18H,4-6,9-10H2,1-3H3. The van der Waals surface area contributed by atoms with Gasteiger partial charge in [0.2, 0.25) is 0 Å². The summed E-state index contributed by atoms with van der Waals surface area (Å²) in [5, 5.41) is 13.0. The maximum atomic E-state index is 9.67. The minimum Gasteiger partial charge on any atom is -0.493 e. The summed E-state index contributed by atoms with van der Waals surface area (Å²) in [6.45, 7) is 4.17. The Labute approximate surface area is 116 Å². The molecule has 1 aliphatic rings. The molecule has 19 heavy (non-hydrogen) atoms. The first-order valence-corrected chi connectivity index (χ1v) is 7.15. The molecule has 0 fully saturated rings. The van der Waals surface area contributed by atoms with Crippen LogP contribution in [0.1, 0.15) is 50.3 Å². The maximum absolute atomic E-state index is 9.67. The third-order valence-electron chi connectivity index (χ3n) is 3.76. The van der Waals surface area contributed by atoms with Gasteiger partial charge in [-0.3, -0.25) is 0 Å². The molecule has 1 aromatic carbocycles. The Morgan fingerprint density at radius 1 is 1.42 bits per heavy atom. The summed E-state index contributed by atoms with van der Waals surface area (Å²) in [5.41, 5.74) is 2.14. The lowest BCUT2D eigenvalue weighted by Gasteiger charge is -2.25. The van der Waals surface area contributed by atoms with Crippen molar-refractivity contribution < 1.29 is 9.84 Å². The molecule has 3 heteroatoms. The van der Waals surface area contributed by atoms with Gasteiger partial charge in [0.15, 0.2) is 0 Å². The molecule has 0 aromatic heterocycles. The monoisotopic (exact) mass is 263 g/mol. The fourth-order valence-electron chi connectivity index (χ4n) is 2.60. The van der Waals surface area contributed by atoms with Gasteiger partial charge in [-0.25, -0.2) is 0 Å². The first-order valence-electron chi connectivity index (χ1n) is 7.15. The van der Waals surface area contributed by atoms with E-state index in [1.807, 2.05) is 13.1 Å². The van der Waals surface area contributed by atoms with E-state index in [1.165, 1.54) is 24.0 Å². The number of fused-ring (bicyclic) bond motifs is 1. The predicted octanol–water partition coefficient (Wildman–Crippen LogP) is 2.82. The Kier molecular flexibility index (Phi) is 4.48. The molecule has 0 spiro atoms. The van der Waals surface area contributed by atoms with Gasteiger partial charge in [-0.05, 0) is 63.4 Å². The Balaban J connectivity index is 2.01. The van der Waals surface area contributed by atoms with Crippen molar-refractivity contribution >= 4 is 0 Å². The van der Waals surface area contributed by atoms with Crippen LogP contribution in [0.3, 0.4) is 0 Å². The molecule has 1 atom stereocenters. The summed E-state index contributed by atoms with van der Waals surface area (Å²) in [6, 6.07) is 6.85. The van der Waals surface area contributed by atoms with Gasteiger partial charge in [-0.2, -0.15) is 0 Å². The fourth-order valence-corrected chi connectivity index (χ4v) is 2.60. The van der Waals surface area contributed by atoms with Crippen LogP contribution in [0.5, 0.6) is 5.75 Å². The number of ether oxygens (including phenoxy) is 1. The van der Waals surface area contributed by atoms with E-state index in [0.717, 1.165) is 12.2 Å². The molecule has 0 aliphatic heterocycles. The molecule has 1 aliphatic carbocycles. The minimum atomic E-state index is -0.661. The Bertz CT molecular complexity index is 423. The number of benzene rings is 1. The molecule has 0 saturated heterocycles. The highest BCUT2D eigenvalue weighted by Crippen LogP contribution is 2.31. The van der Waals surface area contributed by atoms with Crippen LogP contribution in [-0.4, -0.2) is 24.4 Å². The van der Waals surface area contributed by atoms with Crippen LogP contribution >= 0.6 is 0 Å². The molecule has 0 saturated carbocycles. The molecule has 0 bridgehead atoms. The average Bonchev–Trinajstić information content (AvgIpc) is 2.36. The second-order valence-electron chi connectivity index (χ2n) is 6.01. The molecule has 0 radical (unpaired) electrons. The highest BCUT2D eigenvalue weighted by atomic mass is 16.5. The zero-order chi connectivity index (χ0) is 13.9. The summed E-state index contributed by atoms with van der Waals surface area (Å²) in [4.78, 5) is 0. The Hall–Kier alpha value is -1.06. The van der Waals surface area contributed by atoms with Gasteiger partial charge >= 0.3 is 0 Å². The van der Waals surface area contributed by atoms with Crippen LogP contribution in [-0.2, 0) is 6.42 Å². The van der Waals surface area contributed by atoms with Crippen molar-refractivity contribution in [2.24, 2.45) is 0 Å². The summed E-state index contributed by atoms with van der Waals surface area (Å²) in [7, 11) is 2.02. The number of nitrogens with one attached hydrogen (secondary N) is 1. The SMILES string of the molecule is CNC1CCCc2cc(OCCC(C)(C)O)ccc21. The van der Waals surface area contributed by atoms with Crippen molar-refractivity contribution in [3.8, 4) is 5.75 Å². The Morgan fingerprint density at radius 3 is 2.89 bits per heavy atom. The molecule has 106 valence electrons. The zero-order valence-electron chi connectivity index (χ0n) is 12.2. The highest BCUT2D eigenvalue weighted by Gasteiger charge is 2.19. The van der Waals surface area contributed by atoms with E-state index in [1.54, 1.807) is 13.8 Å². The minimum absolute atomic E-state index is 0.481. The summed E-state index contributed by atoms with van der Waals surface area (Å²) < 4.78 is 5.74. The van der Waals surface area contributed by atoms with Crippen molar-refractivity contribution in [1.82, 2.24) is 5.32 Å². The normalized spacial score (nSPS) is 19.1. The van der Waals surface area contributed by atoms with Gasteiger partial charge < -0.3 is 15.2 Å². The molecular formula is C16H25NO2. The quantitative estimate of drug-likeness (QED) is 0.858. The third kappa shape index (κ3) is 3.95. The molecule has 1 unspecified atom stereocenters. The van der Waals surface area contributed by atoms with Gasteiger partial charge in [0.05, 0.1) is 12.2 Å². The lowest BCUT2D eigenvalue weighted by molar-refractivity contribution is 0.0553. The van der Waals surface area contributed by atoms with Gasteiger partial charge in [0, 0.05) is 12.5 Å². The van der Waals surface area contributed by atoms with Crippen molar-refractivity contribution in [3.63, 3.8) is 0 Å². The van der Waals surface area contributed by atoms with Crippen LogP contribution in [0, 0.1) is 0 Å². The summed E-state index contributed by atoms with van der Waals surface area (Å²) >= 11 is 0. The van der Waals surface area contributed by atoms with Gasteiger partial charge in [0.1, 0.15) is 5.75 Å². The smallest absolute Gasteiger partial charge is 0.119 e. The zero-order valence-corrected chi connectivity index (χ0v) is 12.2. The summed E-state index contributed by atoms with van der Waals surface area (Å²) in [6.07, 6.45) is 4.22. The molecule has 2 rings (SSSR count).